The van der Waals surface area contributed by atoms with Crippen molar-refractivity contribution in [3.05, 3.63) is 24.0 Å². The largest absolute Gasteiger partial charge is 0.387 e. The van der Waals surface area contributed by atoms with E-state index in [4.69, 9.17) is 0 Å². The Morgan fingerprint density at radius 2 is 2.17 bits per heavy atom. The number of hydrogen-bond acceptors (Lipinski definition) is 3. The van der Waals surface area contributed by atoms with Crippen LogP contribution in [0.25, 0.3) is 0 Å². The van der Waals surface area contributed by atoms with Gasteiger partial charge in [-0.05, 0) is 30.9 Å². The molecule has 0 spiro atoms. The Morgan fingerprint density at radius 3 is 2.72 bits per heavy atom. The molecule has 0 aliphatic heterocycles. The zero-order valence-corrected chi connectivity index (χ0v) is 11.1. The zero-order valence-electron chi connectivity index (χ0n) is 11.1. The van der Waals surface area contributed by atoms with E-state index in [2.05, 4.69) is 10.3 Å². The molecule has 1 fully saturated rings. The Kier molecular flexibility index (Phi) is 4.18. The summed E-state index contributed by atoms with van der Waals surface area (Å²) < 4.78 is 0. The van der Waals surface area contributed by atoms with E-state index in [1.807, 2.05) is 20.2 Å². The van der Waals surface area contributed by atoms with Crippen molar-refractivity contribution in [3.63, 3.8) is 0 Å². The van der Waals surface area contributed by atoms with Crippen LogP contribution in [0.4, 0.5) is 5.69 Å². The van der Waals surface area contributed by atoms with Crippen LogP contribution < -0.4 is 5.32 Å². The fourth-order valence-corrected chi connectivity index (χ4v) is 2.53. The van der Waals surface area contributed by atoms with E-state index in [1.165, 1.54) is 25.7 Å². The molecule has 0 saturated heterocycles. The highest BCUT2D eigenvalue weighted by molar-refractivity contribution is 5.92. The number of amides is 1. The summed E-state index contributed by atoms with van der Waals surface area (Å²) in [7, 11) is 3.71. The van der Waals surface area contributed by atoms with Crippen LogP contribution in [-0.2, 0) is 0 Å². The van der Waals surface area contributed by atoms with Crippen LogP contribution in [0.1, 0.15) is 36.2 Å². The minimum atomic E-state index is 0.0181. The van der Waals surface area contributed by atoms with Gasteiger partial charge in [0.25, 0.3) is 5.91 Å². The lowest BCUT2D eigenvalue weighted by Crippen LogP contribution is -2.31. The van der Waals surface area contributed by atoms with Crippen molar-refractivity contribution in [2.45, 2.75) is 25.7 Å². The Bertz CT molecular complexity index is 396. The number of nitrogens with one attached hydrogen (secondary N) is 1. The summed E-state index contributed by atoms with van der Waals surface area (Å²) in [6, 6.07) is 3.66. The zero-order chi connectivity index (χ0) is 13.0. The summed E-state index contributed by atoms with van der Waals surface area (Å²) in [5.41, 5.74) is 1.44. The molecule has 0 radical (unpaired) electrons. The van der Waals surface area contributed by atoms with E-state index in [9.17, 15) is 4.79 Å². The molecule has 0 bridgehead atoms. The van der Waals surface area contributed by atoms with Crippen molar-refractivity contribution in [1.82, 2.24) is 9.88 Å². The molecule has 2 rings (SSSR count). The maximum atomic E-state index is 12.2. The van der Waals surface area contributed by atoms with Crippen molar-refractivity contribution < 1.29 is 4.79 Å². The van der Waals surface area contributed by atoms with Crippen LogP contribution >= 0.6 is 0 Å². The smallest absolute Gasteiger partial charge is 0.272 e. The van der Waals surface area contributed by atoms with Crippen molar-refractivity contribution in [2.24, 2.45) is 5.92 Å². The van der Waals surface area contributed by atoms with Gasteiger partial charge in [-0.3, -0.25) is 4.79 Å². The maximum absolute atomic E-state index is 12.2. The predicted molar refractivity (Wildman–Crippen MR) is 72.7 cm³/mol. The Hall–Kier alpha value is -1.58. The second kappa shape index (κ2) is 5.85. The van der Waals surface area contributed by atoms with E-state index in [1.54, 1.807) is 17.2 Å². The second-order valence-corrected chi connectivity index (χ2v) is 5.02. The summed E-state index contributed by atoms with van der Waals surface area (Å²) in [5.74, 6) is 0.695. The summed E-state index contributed by atoms with van der Waals surface area (Å²) in [6.45, 7) is 0.855. The first kappa shape index (κ1) is 12.9. The Morgan fingerprint density at radius 1 is 1.44 bits per heavy atom. The highest BCUT2D eigenvalue weighted by Crippen LogP contribution is 2.25. The van der Waals surface area contributed by atoms with Gasteiger partial charge in [0.2, 0.25) is 0 Å². The van der Waals surface area contributed by atoms with Gasteiger partial charge in [-0.1, -0.05) is 12.8 Å². The van der Waals surface area contributed by atoms with Crippen LogP contribution in [0.15, 0.2) is 18.3 Å². The third-order valence-corrected chi connectivity index (χ3v) is 3.62. The van der Waals surface area contributed by atoms with Crippen LogP contribution in [0.5, 0.6) is 0 Å². The third-order valence-electron chi connectivity index (χ3n) is 3.62. The quantitative estimate of drug-likeness (QED) is 0.888. The van der Waals surface area contributed by atoms with E-state index < -0.39 is 0 Å². The first-order valence-corrected chi connectivity index (χ1v) is 6.60. The van der Waals surface area contributed by atoms with Crippen molar-refractivity contribution in [2.75, 3.05) is 26.0 Å². The lowest BCUT2D eigenvalue weighted by molar-refractivity contribution is 0.0767. The number of aromatic nitrogens is 1. The van der Waals surface area contributed by atoms with Gasteiger partial charge >= 0.3 is 0 Å². The standard InChI is InChI=1S/C14H21N3O/c1-15-12-7-8-13(16-9-12)14(18)17(2)10-11-5-3-4-6-11/h7-9,11,15H,3-6,10H2,1-2H3. The fraction of sp³-hybridized carbons (Fsp3) is 0.571. The number of carbonyl (C=O) groups is 1. The Balaban J connectivity index is 1.95. The van der Waals surface area contributed by atoms with Gasteiger partial charge in [-0.25, -0.2) is 4.98 Å². The third kappa shape index (κ3) is 3.00. The van der Waals surface area contributed by atoms with Gasteiger partial charge in [0.15, 0.2) is 0 Å². The van der Waals surface area contributed by atoms with Crippen molar-refractivity contribution in [1.29, 1.82) is 0 Å². The molecular formula is C14H21N3O. The molecule has 0 aromatic carbocycles. The molecule has 18 heavy (non-hydrogen) atoms. The van der Waals surface area contributed by atoms with Crippen LogP contribution in [0.2, 0.25) is 0 Å². The molecule has 1 N–H and O–H groups in total. The number of anilines is 1. The van der Waals surface area contributed by atoms with E-state index in [0.29, 0.717) is 11.6 Å². The normalized spacial score (nSPS) is 15.7. The number of hydrogen-bond donors (Lipinski definition) is 1. The van der Waals surface area contributed by atoms with E-state index in [0.717, 1.165) is 12.2 Å². The minimum absolute atomic E-state index is 0.0181. The minimum Gasteiger partial charge on any atom is -0.387 e. The van der Waals surface area contributed by atoms with Gasteiger partial charge < -0.3 is 10.2 Å². The first-order valence-electron chi connectivity index (χ1n) is 6.60. The number of rotatable bonds is 4. The molecule has 98 valence electrons. The van der Waals surface area contributed by atoms with E-state index >= 15 is 0 Å². The molecule has 1 aromatic heterocycles. The predicted octanol–water partition coefficient (Wildman–Crippen LogP) is 2.39. The first-order chi connectivity index (χ1) is 8.70. The van der Waals surface area contributed by atoms with Gasteiger partial charge in [-0.2, -0.15) is 0 Å². The number of pyridine rings is 1. The lowest BCUT2D eigenvalue weighted by Gasteiger charge is -2.20. The molecule has 1 heterocycles. The lowest BCUT2D eigenvalue weighted by atomic mass is 10.1. The van der Waals surface area contributed by atoms with Crippen molar-refractivity contribution >= 4 is 11.6 Å². The van der Waals surface area contributed by atoms with Crippen LogP contribution in [0.3, 0.4) is 0 Å². The molecule has 4 nitrogen and oxygen atoms in total. The summed E-state index contributed by atoms with van der Waals surface area (Å²) in [5, 5.41) is 2.99. The average molecular weight is 247 g/mol. The van der Waals surface area contributed by atoms with E-state index in [-0.39, 0.29) is 5.91 Å². The number of nitrogens with zero attached hydrogens (tertiary/aromatic N) is 2. The van der Waals surface area contributed by atoms with Gasteiger partial charge in [0.1, 0.15) is 5.69 Å². The average Bonchev–Trinajstić information content (AvgIpc) is 2.91. The topological polar surface area (TPSA) is 45.2 Å². The highest BCUT2D eigenvalue weighted by Gasteiger charge is 2.20. The summed E-state index contributed by atoms with van der Waals surface area (Å²) >= 11 is 0. The van der Waals surface area contributed by atoms with Gasteiger partial charge in [0, 0.05) is 20.6 Å². The summed E-state index contributed by atoms with van der Waals surface area (Å²) in [6.07, 6.45) is 6.81. The molecule has 1 saturated carbocycles. The Labute approximate surface area is 108 Å². The molecule has 1 aliphatic carbocycles. The molecule has 4 heteroatoms. The second-order valence-electron chi connectivity index (χ2n) is 5.02. The van der Waals surface area contributed by atoms with Crippen LogP contribution in [-0.4, -0.2) is 36.4 Å². The SMILES string of the molecule is CNc1ccc(C(=O)N(C)CC2CCCC2)nc1. The van der Waals surface area contributed by atoms with Gasteiger partial charge in [-0.15, -0.1) is 0 Å². The number of carbonyl (C=O) groups excluding carboxylic acids is 1. The molecule has 0 unspecified atom stereocenters. The summed E-state index contributed by atoms with van der Waals surface area (Å²) in [4.78, 5) is 18.2. The molecular weight excluding hydrogens is 226 g/mol. The van der Waals surface area contributed by atoms with Crippen LogP contribution in [0, 0.1) is 5.92 Å². The molecule has 1 amide bonds. The fourth-order valence-electron chi connectivity index (χ4n) is 2.53. The monoisotopic (exact) mass is 247 g/mol. The highest BCUT2D eigenvalue weighted by atomic mass is 16.2. The molecule has 1 aromatic rings. The molecule has 0 atom stereocenters. The molecule has 1 aliphatic rings. The van der Waals surface area contributed by atoms with Crippen molar-refractivity contribution in [3.8, 4) is 0 Å². The van der Waals surface area contributed by atoms with Gasteiger partial charge in [0.05, 0.1) is 11.9 Å². The maximum Gasteiger partial charge on any atom is 0.272 e.